The van der Waals surface area contributed by atoms with Gasteiger partial charge in [-0.1, -0.05) is 71.8 Å². The van der Waals surface area contributed by atoms with E-state index >= 15 is 0 Å². The van der Waals surface area contributed by atoms with Gasteiger partial charge >= 0.3 is 5.97 Å². The molecule has 0 radical (unpaired) electrons. The highest BCUT2D eigenvalue weighted by atomic mass is 16.5. The van der Waals surface area contributed by atoms with Crippen LogP contribution in [0.2, 0.25) is 0 Å². The van der Waals surface area contributed by atoms with Crippen molar-refractivity contribution in [1.29, 1.82) is 5.26 Å². The van der Waals surface area contributed by atoms with Crippen molar-refractivity contribution in [3.63, 3.8) is 0 Å². The minimum atomic E-state index is -1.16. The van der Waals surface area contributed by atoms with Crippen molar-refractivity contribution in [3.8, 4) is 6.07 Å². The molecule has 1 atom stereocenters. The average molecular weight is 439 g/mol. The van der Waals surface area contributed by atoms with Gasteiger partial charge in [0, 0.05) is 30.9 Å². The Kier molecular flexibility index (Phi) is 7.42. The summed E-state index contributed by atoms with van der Waals surface area (Å²) in [6, 6.07) is 23.6. The molecule has 5 heteroatoms. The second-order valence-corrected chi connectivity index (χ2v) is 8.08. The van der Waals surface area contributed by atoms with Crippen molar-refractivity contribution in [2.24, 2.45) is 0 Å². The molecule has 0 aromatic heterocycles. The number of nitriles is 1. The second-order valence-electron chi connectivity index (χ2n) is 8.08. The lowest BCUT2D eigenvalue weighted by Crippen LogP contribution is -2.21. The van der Waals surface area contributed by atoms with Crippen molar-refractivity contribution in [2.45, 2.75) is 20.0 Å². The van der Waals surface area contributed by atoms with Crippen molar-refractivity contribution in [3.05, 3.63) is 106 Å². The summed E-state index contributed by atoms with van der Waals surface area (Å²) in [5.74, 6) is -1.19. The summed E-state index contributed by atoms with van der Waals surface area (Å²) in [4.78, 5) is 28.1. The second kappa shape index (κ2) is 10.4. The van der Waals surface area contributed by atoms with E-state index in [2.05, 4.69) is 0 Å². The molecule has 0 bridgehead atoms. The normalized spacial score (nSPS) is 11.9. The van der Waals surface area contributed by atoms with Crippen LogP contribution in [0.4, 0.5) is 5.69 Å². The number of benzene rings is 3. The van der Waals surface area contributed by atoms with Gasteiger partial charge in [-0.25, -0.2) is 4.79 Å². The van der Waals surface area contributed by atoms with Crippen LogP contribution in [0.15, 0.2) is 78.4 Å². The van der Waals surface area contributed by atoms with E-state index in [0.29, 0.717) is 16.7 Å². The van der Waals surface area contributed by atoms with E-state index in [1.807, 2.05) is 87.4 Å². The van der Waals surface area contributed by atoms with Crippen LogP contribution in [0.1, 0.15) is 38.7 Å². The van der Waals surface area contributed by atoms with Crippen LogP contribution >= 0.6 is 0 Å². The van der Waals surface area contributed by atoms with E-state index in [1.165, 1.54) is 6.08 Å². The zero-order valence-corrected chi connectivity index (χ0v) is 19.2. The number of Topliss-reactive ketones (excluding diaryl/α,β-unsaturated/α-hetero) is 1. The highest BCUT2D eigenvalue weighted by molar-refractivity contribution is 6.04. The Hall–Kier alpha value is -4.17. The predicted molar refractivity (Wildman–Crippen MR) is 130 cm³/mol. The van der Waals surface area contributed by atoms with E-state index < -0.39 is 12.1 Å². The van der Waals surface area contributed by atoms with Gasteiger partial charge in [0.25, 0.3) is 0 Å². The number of esters is 1. The van der Waals surface area contributed by atoms with Crippen LogP contribution < -0.4 is 4.90 Å². The van der Waals surface area contributed by atoms with Crippen LogP contribution in [0.3, 0.4) is 0 Å². The molecule has 0 heterocycles. The first-order valence-corrected chi connectivity index (χ1v) is 10.6. The Bertz CT molecular complexity index is 1200. The molecule has 1 unspecified atom stereocenters. The summed E-state index contributed by atoms with van der Waals surface area (Å²) < 4.78 is 5.62. The van der Waals surface area contributed by atoms with Crippen LogP contribution in [0.5, 0.6) is 0 Å². The van der Waals surface area contributed by atoms with Gasteiger partial charge in [-0.05, 0) is 37.6 Å². The van der Waals surface area contributed by atoms with Crippen molar-refractivity contribution in [1.82, 2.24) is 0 Å². The smallest absolute Gasteiger partial charge is 0.349 e. The number of ether oxygens (including phenoxy) is 1. The number of aryl methyl sites for hydroxylation is 2. The maximum Gasteiger partial charge on any atom is 0.349 e. The van der Waals surface area contributed by atoms with Gasteiger partial charge in [-0.2, -0.15) is 5.26 Å². The number of carbonyl (C=O) groups is 2. The number of nitrogens with zero attached hydrogens (tertiary/aromatic N) is 2. The van der Waals surface area contributed by atoms with Gasteiger partial charge in [0.15, 0.2) is 6.10 Å². The van der Waals surface area contributed by atoms with Gasteiger partial charge < -0.3 is 9.64 Å². The van der Waals surface area contributed by atoms with Crippen LogP contribution in [-0.2, 0) is 9.53 Å². The standard InChI is InChI=1S/C28H26N2O3/c1-19-5-11-22(12-6-19)26(31)27(23-13-7-20(2)8-14-23)33-28(32)24(18-29)17-21-9-15-25(16-10-21)30(3)4/h5-17,27H,1-4H3/b24-17-. The molecule has 3 rings (SSSR count). The van der Waals surface area contributed by atoms with E-state index in [-0.39, 0.29) is 11.4 Å². The van der Waals surface area contributed by atoms with E-state index in [9.17, 15) is 14.9 Å². The first-order chi connectivity index (χ1) is 15.8. The third kappa shape index (κ3) is 5.96. The molecule has 0 saturated heterocycles. The maximum absolute atomic E-state index is 13.3. The van der Waals surface area contributed by atoms with Crippen molar-refractivity contribution < 1.29 is 14.3 Å². The lowest BCUT2D eigenvalue weighted by Gasteiger charge is -2.18. The number of hydrogen-bond acceptors (Lipinski definition) is 5. The Labute approximate surface area is 194 Å². The topological polar surface area (TPSA) is 70.4 Å². The third-order valence-electron chi connectivity index (χ3n) is 5.24. The summed E-state index contributed by atoms with van der Waals surface area (Å²) in [6.45, 7) is 3.87. The Balaban J connectivity index is 1.91. The molecular weight excluding hydrogens is 412 g/mol. The third-order valence-corrected chi connectivity index (χ3v) is 5.24. The monoisotopic (exact) mass is 438 g/mol. The molecular formula is C28H26N2O3. The Morgan fingerprint density at radius 1 is 0.879 bits per heavy atom. The highest BCUT2D eigenvalue weighted by Crippen LogP contribution is 2.25. The van der Waals surface area contributed by atoms with E-state index in [1.54, 1.807) is 24.3 Å². The van der Waals surface area contributed by atoms with Crippen LogP contribution in [0.25, 0.3) is 6.08 Å². The molecule has 33 heavy (non-hydrogen) atoms. The summed E-state index contributed by atoms with van der Waals surface area (Å²) in [6.07, 6.45) is 0.304. The first kappa shape index (κ1) is 23.5. The molecule has 0 fully saturated rings. The lowest BCUT2D eigenvalue weighted by molar-refractivity contribution is -0.142. The minimum Gasteiger partial charge on any atom is -0.445 e. The largest absolute Gasteiger partial charge is 0.445 e. The average Bonchev–Trinajstić information content (AvgIpc) is 2.82. The molecule has 3 aromatic rings. The van der Waals surface area contributed by atoms with E-state index in [0.717, 1.165) is 16.8 Å². The number of rotatable bonds is 7. The summed E-state index contributed by atoms with van der Waals surface area (Å²) >= 11 is 0. The van der Waals surface area contributed by atoms with Crippen LogP contribution in [-0.4, -0.2) is 25.8 Å². The maximum atomic E-state index is 13.3. The number of carbonyl (C=O) groups excluding carboxylic acids is 2. The fourth-order valence-electron chi connectivity index (χ4n) is 3.23. The number of ketones is 1. The summed E-state index contributed by atoms with van der Waals surface area (Å²) in [5.41, 5.74) is 4.52. The molecule has 5 nitrogen and oxygen atoms in total. The quantitative estimate of drug-likeness (QED) is 0.212. The first-order valence-electron chi connectivity index (χ1n) is 10.6. The molecule has 3 aromatic carbocycles. The van der Waals surface area contributed by atoms with Gasteiger partial charge in [0.2, 0.25) is 5.78 Å². The predicted octanol–water partition coefficient (Wildman–Crippen LogP) is 5.44. The van der Waals surface area contributed by atoms with Gasteiger partial charge in [0.1, 0.15) is 11.6 Å². The Morgan fingerprint density at radius 3 is 1.94 bits per heavy atom. The van der Waals surface area contributed by atoms with Crippen LogP contribution in [0, 0.1) is 25.2 Å². The lowest BCUT2D eigenvalue weighted by atomic mass is 9.98. The molecule has 166 valence electrons. The van der Waals surface area contributed by atoms with Gasteiger partial charge in [-0.15, -0.1) is 0 Å². The molecule has 0 amide bonds. The molecule has 0 aliphatic rings. The summed E-state index contributed by atoms with van der Waals surface area (Å²) in [5, 5.41) is 9.59. The zero-order chi connectivity index (χ0) is 24.0. The fourth-order valence-corrected chi connectivity index (χ4v) is 3.23. The molecule has 0 spiro atoms. The number of hydrogen-bond donors (Lipinski definition) is 0. The molecule has 0 aliphatic carbocycles. The SMILES string of the molecule is Cc1ccc(C(=O)C(OC(=O)/C(C#N)=C\c2ccc(N(C)C)cc2)c2ccc(C)cc2)cc1. The highest BCUT2D eigenvalue weighted by Gasteiger charge is 2.27. The minimum absolute atomic E-state index is 0.179. The van der Waals surface area contributed by atoms with Gasteiger partial charge in [-0.3, -0.25) is 4.79 Å². The molecule has 0 N–H and O–H groups in total. The Morgan fingerprint density at radius 2 is 1.42 bits per heavy atom. The van der Waals surface area contributed by atoms with Gasteiger partial charge in [0.05, 0.1) is 0 Å². The summed E-state index contributed by atoms with van der Waals surface area (Å²) in [7, 11) is 3.86. The van der Waals surface area contributed by atoms with Crippen molar-refractivity contribution in [2.75, 3.05) is 19.0 Å². The number of anilines is 1. The van der Waals surface area contributed by atoms with Crippen molar-refractivity contribution >= 4 is 23.5 Å². The molecule has 0 aliphatic heterocycles. The molecule has 0 saturated carbocycles. The fraction of sp³-hybridized carbons (Fsp3) is 0.179. The van der Waals surface area contributed by atoms with E-state index in [4.69, 9.17) is 4.74 Å². The zero-order valence-electron chi connectivity index (χ0n) is 19.2.